The zero-order valence-corrected chi connectivity index (χ0v) is 12.9. The molecule has 1 aliphatic heterocycles. The van der Waals surface area contributed by atoms with Gasteiger partial charge in [0.15, 0.2) is 9.84 Å². The Kier molecular flexibility index (Phi) is 16.9. The lowest BCUT2D eigenvalue weighted by atomic mass is 9.92. The zero-order valence-electron chi connectivity index (χ0n) is 12.1. The van der Waals surface area contributed by atoms with E-state index < -0.39 is 9.84 Å². The van der Waals surface area contributed by atoms with E-state index in [1.54, 1.807) is 0 Å². The van der Waals surface area contributed by atoms with Crippen LogP contribution in [-0.4, -0.2) is 27.3 Å². The average Bonchev–Trinajstić information content (AvgIpc) is 2.40. The van der Waals surface area contributed by atoms with Crippen molar-refractivity contribution >= 4 is 18.3 Å². The summed E-state index contributed by atoms with van der Waals surface area (Å²) in [4.78, 5) is 0. The molecule has 0 N–H and O–H groups in total. The molecule has 1 heterocycles. The molecular weight excluding hydrogens is 231 g/mol. The van der Waals surface area contributed by atoms with Gasteiger partial charge in [-0.25, -0.2) is 8.42 Å². The molecule has 0 aliphatic carbocycles. The third-order valence-corrected chi connectivity index (χ3v) is 6.28. The number of sulfone groups is 1. The predicted octanol–water partition coefficient (Wildman–Crippen LogP) is 3.77. The first-order valence-corrected chi connectivity index (χ1v) is 7.72. The molecule has 4 heteroatoms. The van der Waals surface area contributed by atoms with Gasteiger partial charge in [-0.15, -0.1) is 0 Å². The van der Waals surface area contributed by atoms with Gasteiger partial charge in [-0.1, -0.05) is 49.0 Å². The fourth-order valence-corrected chi connectivity index (χ4v) is 4.16. The molecule has 1 rings (SSSR count). The summed E-state index contributed by atoms with van der Waals surface area (Å²) >= 11 is 0. The lowest BCUT2D eigenvalue weighted by Gasteiger charge is -2.11. The van der Waals surface area contributed by atoms with E-state index in [0.29, 0.717) is 11.8 Å². The van der Waals surface area contributed by atoms with Gasteiger partial charge in [-0.3, -0.25) is 0 Å². The van der Waals surface area contributed by atoms with Crippen molar-refractivity contribution < 1.29 is 8.42 Å². The maximum absolute atomic E-state index is 11.5. The summed E-state index contributed by atoms with van der Waals surface area (Å²) in [5.41, 5.74) is 0. The Bertz CT molecular complexity index is 230. The molecular formula is C13H32BO2S. The molecule has 0 saturated carbocycles. The van der Waals surface area contributed by atoms with Crippen molar-refractivity contribution in [1.82, 2.24) is 0 Å². The molecule has 4 unspecified atom stereocenters. The minimum Gasteiger partial charge on any atom is -0.228 e. The molecule has 17 heavy (non-hydrogen) atoms. The van der Waals surface area contributed by atoms with Crippen LogP contribution in [0.4, 0.5) is 0 Å². The number of hydrogen-bond donors (Lipinski definition) is 0. The first kappa shape index (κ1) is 25.8. The highest BCUT2D eigenvalue weighted by molar-refractivity contribution is 7.92. The van der Waals surface area contributed by atoms with Crippen LogP contribution in [0.2, 0.25) is 0 Å². The van der Waals surface area contributed by atoms with Crippen molar-refractivity contribution in [1.29, 1.82) is 0 Å². The Hall–Kier alpha value is 0.0149. The van der Waals surface area contributed by atoms with Crippen LogP contribution >= 0.6 is 0 Å². The molecule has 0 aromatic heterocycles. The molecule has 0 aromatic rings. The monoisotopic (exact) mass is 263 g/mol. The molecule has 105 valence electrons. The predicted molar refractivity (Wildman–Crippen MR) is 81.4 cm³/mol. The van der Waals surface area contributed by atoms with Crippen molar-refractivity contribution in [3.8, 4) is 0 Å². The summed E-state index contributed by atoms with van der Waals surface area (Å²) in [5.74, 6) is 0.630. The SMILES string of the molecule is C.CC.CC.CC1C(C)C(C)S(=O)(=O)C1C.[B]. The van der Waals surface area contributed by atoms with Crippen LogP contribution in [0.1, 0.15) is 62.8 Å². The Morgan fingerprint density at radius 3 is 0.941 bits per heavy atom. The molecule has 0 bridgehead atoms. The minimum atomic E-state index is -2.80. The number of rotatable bonds is 0. The zero-order chi connectivity index (χ0) is 12.8. The maximum Gasteiger partial charge on any atom is 0.156 e. The fourth-order valence-electron chi connectivity index (χ4n) is 1.79. The van der Waals surface area contributed by atoms with E-state index in [0.717, 1.165) is 0 Å². The van der Waals surface area contributed by atoms with Gasteiger partial charge < -0.3 is 0 Å². The van der Waals surface area contributed by atoms with Gasteiger partial charge in [0, 0.05) is 8.41 Å². The topological polar surface area (TPSA) is 34.1 Å². The Morgan fingerprint density at radius 1 is 0.706 bits per heavy atom. The van der Waals surface area contributed by atoms with Crippen molar-refractivity contribution in [2.75, 3.05) is 0 Å². The Morgan fingerprint density at radius 2 is 0.882 bits per heavy atom. The standard InChI is InChI=1S/C8H16O2S.2C2H6.CH4.B/c1-5-6(2)8(4)11(9,10)7(5)3;2*1-2;;/h5-8H,1-4H3;2*1-2H3;1H4;. The largest absolute Gasteiger partial charge is 0.228 e. The molecule has 0 spiro atoms. The summed E-state index contributed by atoms with van der Waals surface area (Å²) in [6, 6.07) is 0. The van der Waals surface area contributed by atoms with Gasteiger partial charge in [0.05, 0.1) is 10.5 Å². The van der Waals surface area contributed by atoms with E-state index in [-0.39, 0.29) is 26.3 Å². The van der Waals surface area contributed by atoms with Crippen LogP contribution in [0.15, 0.2) is 0 Å². The van der Waals surface area contributed by atoms with Gasteiger partial charge in [0.2, 0.25) is 0 Å². The van der Waals surface area contributed by atoms with E-state index >= 15 is 0 Å². The highest BCUT2D eigenvalue weighted by Gasteiger charge is 2.45. The molecule has 3 radical (unpaired) electrons. The van der Waals surface area contributed by atoms with E-state index in [1.807, 2.05) is 55.4 Å². The van der Waals surface area contributed by atoms with Crippen LogP contribution in [0.3, 0.4) is 0 Å². The van der Waals surface area contributed by atoms with E-state index in [4.69, 9.17) is 0 Å². The second kappa shape index (κ2) is 11.1. The Balaban J connectivity index is -0.000000128. The molecule has 1 aliphatic rings. The van der Waals surface area contributed by atoms with Crippen molar-refractivity contribution in [3.63, 3.8) is 0 Å². The van der Waals surface area contributed by atoms with Gasteiger partial charge in [-0.2, -0.15) is 0 Å². The molecule has 4 atom stereocenters. The molecule has 0 aromatic carbocycles. The molecule has 2 nitrogen and oxygen atoms in total. The summed E-state index contributed by atoms with van der Waals surface area (Å²) in [5, 5.41) is -0.292. The van der Waals surface area contributed by atoms with Gasteiger partial charge in [0.25, 0.3) is 0 Å². The van der Waals surface area contributed by atoms with Crippen molar-refractivity contribution in [3.05, 3.63) is 0 Å². The van der Waals surface area contributed by atoms with Crippen molar-refractivity contribution in [2.45, 2.75) is 73.3 Å². The third kappa shape index (κ3) is 5.45. The lowest BCUT2D eigenvalue weighted by Crippen LogP contribution is -2.20. The summed E-state index contributed by atoms with van der Waals surface area (Å²) in [7, 11) is -2.80. The molecule has 0 amide bonds. The highest BCUT2D eigenvalue weighted by Crippen LogP contribution is 2.36. The first-order chi connectivity index (χ1) is 6.89. The first-order valence-electron chi connectivity index (χ1n) is 6.11. The second-order valence-electron chi connectivity index (χ2n) is 3.72. The molecule has 1 saturated heterocycles. The van der Waals surface area contributed by atoms with Crippen LogP contribution in [0.25, 0.3) is 0 Å². The maximum atomic E-state index is 11.5. The van der Waals surface area contributed by atoms with E-state index in [9.17, 15) is 8.42 Å². The summed E-state index contributed by atoms with van der Waals surface area (Å²) in [6.45, 7) is 15.7. The quantitative estimate of drug-likeness (QED) is 0.623. The highest BCUT2D eigenvalue weighted by atomic mass is 32.2. The summed E-state index contributed by atoms with van der Waals surface area (Å²) in [6.07, 6.45) is 0. The average molecular weight is 263 g/mol. The smallest absolute Gasteiger partial charge is 0.156 e. The normalized spacial score (nSPS) is 32.7. The van der Waals surface area contributed by atoms with Crippen LogP contribution in [0, 0.1) is 11.8 Å². The minimum absolute atomic E-state index is 0. The van der Waals surface area contributed by atoms with Crippen LogP contribution < -0.4 is 0 Å². The van der Waals surface area contributed by atoms with Crippen LogP contribution in [-0.2, 0) is 9.84 Å². The third-order valence-electron chi connectivity index (χ3n) is 3.35. The van der Waals surface area contributed by atoms with Crippen molar-refractivity contribution in [2.24, 2.45) is 11.8 Å². The summed E-state index contributed by atoms with van der Waals surface area (Å²) < 4.78 is 23.0. The van der Waals surface area contributed by atoms with Gasteiger partial charge in [-0.05, 0) is 25.7 Å². The van der Waals surface area contributed by atoms with Gasteiger partial charge in [0.1, 0.15) is 0 Å². The lowest BCUT2D eigenvalue weighted by molar-refractivity contribution is 0.413. The van der Waals surface area contributed by atoms with Crippen LogP contribution in [0.5, 0.6) is 0 Å². The van der Waals surface area contributed by atoms with Gasteiger partial charge >= 0.3 is 0 Å². The Labute approximate surface area is 112 Å². The fraction of sp³-hybridized carbons (Fsp3) is 1.00. The second-order valence-corrected chi connectivity index (χ2v) is 6.38. The van der Waals surface area contributed by atoms with E-state index in [2.05, 4.69) is 0 Å². The molecule has 1 fully saturated rings. The van der Waals surface area contributed by atoms with E-state index in [1.165, 1.54) is 0 Å². The number of hydrogen-bond acceptors (Lipinski definition) is 2.